The first kappa shape index (κ1) is 14.4. The highest BCUT2D eigenvalue weighted by Crippen LogP contribution is 2.36. The van der Waals surface area contributed by atoms with Gasteiger partial charge in [-0.05, 0) is 39.8 Å². The van der Waals surface area contributed by atoms with Crippen LogP contribution in [0.2, 0.25) is 0 Å². The largest absolute Gasteiger partial charge is 0.497 e. The molecule has 1 aliphatic heterocycles. The summed E-state index contributed by atoms with van der Waals surface area (Å²) in [6.45, 7) is 8.19. The highest BCUT2D eigenvalue weighted by molar-refractivity contribution is 6.62. The number of nitrogens with zero attached hydrogens (tertiary/aromatic N) is 1. The van der Waals surface area contributed by atoms with E-state index in [-0.39, 0.29) is 18.3 Å². The number of pyridine rings is 1. The molecule has 2 heterocycles. The average molecular weight is 285 g/mol. The van der Waals surface area contributed by atoms with Crippen LogP contribution >= 0.6 is 0 Å². The third-order valence-electron chi connectivity index (χ3n) is 4.44. The van der Waals surface area contributed by atoms with E-state index in [1.807, 2.05) is 52.1 Å². The molecule has 0 aliphatic carbocycles. The smallest absolute Gasteiger partial charge is 0.496 e. The van der Waals surface area contributed by atoms with E-state index in [1.165, 1.54) is 0 Å². The van der Waals surface area contributed by atoms with Crippen LogP contribution < -0.4 is 10.2 Å². The number of hydrogen-bond acceptors (Lipinski definition) is 4. The van der Waals surface area contributed by atoms with E-state index >= 15 is 0 Å². The van der Waals surface area contributed by atoms with Crippen molar-refractivity contribution in [2.75, 3.05) is 7.11 Å². The van der Waals surface area contributed by atoms with Crippen molar-refractivity contribution in [3.63, 3.8) is 0 Å². The Kier molecular flexibility index (Phi) is 3.22. The summed E-state index contributed by atoms with van der Waals surface area (Å²) < 4.78 is 17.3. The maximum atomic E-state index is 6.06. The highest BCUT2D eigenvalue weighted by atomic mass is 16.7. The topological polar surface area (TPSA) is 40.6 Å². The standard InChI is InChI=1S/C16H20BNO3/c1-15(2)16(3,4)21-17(20-15)12-8-11-6-7-13(19-5)9-14(11)18-10-12/h6-10H,1-5H3. The molecule has 2 aromatic rings. The lowest BCUT2D eigenvalue weighted by Gasteiger charge is -2.32. The van der Waals surface area contributed by atoms with E-state index < -0.39 is 0 Å². The molecule has 21 heavy (non-hydrogen) atoms. The highest BCUT2D eigenvalue weighted by Gasteiger charge is 2.51. The van der Waals surface area contributed by atoms with E-state index in [9.17, 15) is 0 Å². The van der Waals surface area contributed by atoms with Crippen molar-refractivity contribution in [2.24, 2.45) is 0 Å². The molecule has 0 radical (unpaired) electrons. The molecule has 0 unspecified atom stereocenters. The summed E-state index contributed by atoms with van der Waals surface area (Å²) in [5.41, 5.74) is 1.15. The van der Waals surface area contributed by atoms with Crippen LogP contribution in [0.3, 0.4) is 0 Å². The molecule has 1 fully saturated rings. The molecule has 0 atom stereocenters. The monoisotopic (exact) mass is 285 g/mol. The first-order valence-electron chi connectivity index (χ1n) is 7.12. The third kappa shape index (κ3) is 2.41. The maximum Gasteiger partial charge on any atom is 0.496 e. The van der Waals surface area contributed by atoms with Gasteiger partial charge in [-0.2, -0.15) is 0 Å². The number of ether oxygens (including phenoxy) is 1. The van der Waals surface area contributed by atoms with Crippen LogP contribution in [0.25, 0.3) is 10.9 Å². The number of aromatic nitrogens is 1. The van der Waals surface area contributed by atoms with Crippen LogP contribution in [0.1, 0.15) is 27.7 Å². The van der Waals surface area contributed by atoms with Crippen LogP contribution in [0, 0.1) is 0 Å². The van der Waals surface area contributed by atoms with Gasteiger partial charge in [-0.25, -0.2) is 0 Å². The predicted octanol–water partition coefficient (Wildman–Crippen LogP) is 2.54. The first-order chi connectivity index (χ1) is 9.82. The van der Waals surface area contributed by atoms with Crippen LogP contribution in [-0.4, -0.2) is 30.4 Å². The number of hydrogen-bond donors (Lipinski definition) is 0. The first-order valence-corrected chi connectivity index (χ1v) is 7.12. The Morgan fingerprint density at radius 1 is 1.05 bits per heavy atom. The van der Waals surface area contributed by atoms with E-state index in [0.29, 0.717) is 0 Å². The van der Waals surface area contributed by atoms with Gasteiger partial charge in [-0.3, -0.25) is 4.98 Å². The molecule has 0 saturated carbocycles. The SMILES string of the molecule is COc1ccc2cc(B3OC(C)(C)C(C)(C)O3)cnc2c1. The van der Waals surface area contributed by atoms with E-state index in [0.717, 1.165) is 22.1 Å². The van der Waals surface area contributed by atoms with Crippen LogP contribution in [-0.2, 0) is 9.31 Å². The van der Waals surface area contributed by atoms with Crippen LogP contribution in [0.5, 0.6) is 5.75 Å². The second-order valence-corrected chi connectivity index (χ2v) is 6.42. The normalized spacial score (nSPS) is 20.0. The Morgan fingerprint density at radius 2 is 1.71 bits per heavy atom. The number of methoxy groups -OCH3 is 1. The molecule has 1 aromatic heterocycles. The fourth-order valence-corrected chi connectivity index (χ4v) is 2.35. The van der Waals surface area contributed by atoms with Gasteiger partial charge in [0.25, 0.3) is 0 Å². The maximum absolute atomic E-state index is 6.06. The van der Waals surface area contributed by atoms with Crippen molar-refractivity contribution in [1.29, 1.82) is 0 Å². The van der Waals surface area contributed by atoms with Crippen molar-refractivity contribution < 1.29 is 14.0 Å². The molecule has 5 heteroatoms. The van der Waals surface area contributed by atoms with Crippen molar-refractivity contribution in [3.05, 3.63) is 30.5 Å². The minimum atomic E-state index is -0.381. The summed E-state index contributed by atoms with van der Waals surface area (Å²) in [4.78, 5) is 4.49. The van der Waals surface area contributed by atoms with Gasteiger partial charge < -0.3 is 14.0 Å². The number of benzene rings is 1. The molecule has 0 amide bonds. The third-order valence-corrected chi connectivity index (χ3v) is 4.44. The zero-order chi connectivity index (χ0) is 15.3. The Morgan fingerprint density at radius 3 is 2.33 bits per heavy atom. The summed E-state index contributed by atoms with van der Waals surface area (Å²) in [5.74, 6) is 0.804. The van der Waals surface area contributed by atoms with E-state index in [2.05, 4.69) is 11.1 Å². The van der Waals surface area contributed by atoms with Gasteiger partial charge in [0, 0.05) is 23.1 Å². The van der Waals surface area contributed by atoms with E-state index in [1.54, 1.807) is 7.11 Å². The number of rotatable bonds is 2. The van der Waals surface area contributed by atoms with Gasteiger partial charge in [-0.1, -0.05) is 6.07 Å². The Bertz CT molecular complexity index is 668. The molecule has 110 valence electrons. The van der Waals surface area contributed by atoms with Crippen LogP contribution in [0.4, 0.5) is 0 Å². The quantitative estimate of drug-likeness (QED) is 0.795. The second kappa shape index (κ2) is 4.72. The molecule has 4 nitrogen and oxygen atoms in total. The van der Waals surface area contributed by atoms with Gasteiger partial charge in [0.2, 0.25) is 0 Å². The molecular weight excluding hydrogens is 265 g/mol. The molecule has 0 bridgehead atoms. The van der Waals surface area contributed by atoms with Gasteiger partial charge >= 0.3 is 7.12 Å². The second-order valence-electron chi connectivity index (χ2n) is 6.42. The van der Waals surface area contributed by atoms with Gasteiger partial charge in [0.1, 0.15) is 5.75 Å². The van der Waals surface area contributed by atoms with Gasteiger partial charge in [0.15, 0.2) is 0 Å². The minimum Gasteiger partial charge on any atom is -0.497 e. The Labute approximate surface area is 125 Å². The van der Waals surface area contributed by atoms with Crippen molar-refractivity contribution >= 4 is 23.5 Å². The molecular formula is C16H20BNO3. The lowest BCUT2D eigenvalue weighted by atomic mass is 9.80. The van der Waals surface area contributed by atoms with Crippen molar-refractivity contribution in [3.8, 4) is 5.75 Å². The summed E-state index contributed by atoms with van der Waals surface area (Å²) in [6, 6.07) is 7.90. The van der Waals surface area contributed by atoms with Crippen LogP contribution in [0.15, 0.2) is 30.5 Å². The summed E-state index contributed by atoms with van der Waals surface area (Å²) in [6.07, 6.45) is 1.81. The van der Waals surface area contributed by atoms with Gasteiger partial charge in [0.05, 0.1) is 23.8 Å². The number of fused-ring (bicyclic) bond motifs is 1. The minimum absolute atomic E-state index is 0.341. The molecule has 3 rings (SSSR count). The summed E-state index contributed by atoms with van der Waals surface area (Å²) >= 11 is 0. The van der Waals surface area contributed by atoms with Crippen molar-refractivity contribution in [1.82, 2.24) is 4.98 Å². The van der Waals surface area contributed by atoms with Gasteiger partial charge in [-0.15, -0.1) is 0 Å². The Balaban J connectivity index is 1.96. The van der Waals surface area contributed by atoms with Crippen molar-refractivity contribution in [2.45, 2.75) is 38.9 Å². The predicted molar refractivity (Wildman–Crippen MR) is 84.0 cm³/mol. The summed E-state index contributed by atoms with van der Waals surface area (Å²) in [5, 5.41) is 1.04. The molecule has 0 spiro atoms. The lowest BCUT2D eigenvalue weighted by molar-refractivity contribution is 0.00578. The zero-order valence-corrected chi connectivity index (χ0v) is 13.1. The molecule has 1 aliphatic rings. The van der Waals surface area contributed by atoms with E-state index in [4.69, 9.17) is 14.0 Å². The molecule has 1 saturated heterocycles. The average Bonchev–Trinajstić information content (AvgIpc) is 2.66. The molecule has 0 N–H and O–H groups in total. The fourth-order valence-electron chi connectivity index (χ4n) is 2.35. The fraction of sp³-hybridized carbons (Fsp3) is 0.438. The summed E-state index contributed by atoms with van der Waals surface area (Å²) in [7, 11) is 1.27. The lowest BCUT2D eigenvalue weighted by Crippen LogP contribution is -2.41. The zero-order valence-electron chi connectivity index (χ0n) is 13.1. The molecule has 1 aromatic carbocycles. The Hall–Kier alpha value is -1.59.